The van der Waals surface area contributed by atoms with E-state index in [2.05, 4.69) is 20.9 Å². The van der Waals surface area contributed by atoms with Crippen molar-refractivity contribution in [3.05, 3.63) is 53.3 Å². The average Bonchev–Trinajstić information content (AvgIpc) is 2.55. The Hall–Kier alpha value is -1.78. The standard InChI is InChI=1S/C16H18ClN3O/c17-14-2-1-3-15(10-14)19-6-8-20(9-7-19)16-4-5-18-11-13(16)12-21/h1-5,10-11,21H,6-9,12H2. The fraction of sp³-hybridized carbons (Fsp3) is 0.312. The van der Waals surface area contributed by atoms with E-state index in [4.69, 9.17) is 11.6 Å². The van der Waals surface area contributed by atoms with Gasteiger partial charge in [-0.05, 0) is 24.3 Å². The number of hydrogen-bond acceptors (Lipinski definition) is 4. The van der Waals surface area contributed by atoms with Crippen LogP contribution < -0.4 is 9.80 Å². The molecule has 4 nitrogen and oxygen atoms in total. The summed E-state index contributed by atoms with van der Waals surface area (Å²) in [6.07, 6.45) is 3.51. The molecule has 1 saturated heterocycles. The zero-order valence-corrected chi connectivity index (χ0v) is 12.5. The number of aliphatic hydroxyl groups excluding tert-OH is 1. The topological polar surface area (TPSA) is 39.6 Å². The zero-order valence-electron chi connectivity index (χ0n) is 11.7. The lowest BCUT2D eigenvalue weighted by atomic mass is 10.2. The summed E-state index contributed by atoms with van der Waals surface area (Å²) >= 11 is 6.06. The summed E-state index contributed by atoms with van der Waals surface area (Å²) in [6.45, 7) is 3.74. The maximum absolute atomic E-state index is 9.42. The van der Waals surface area contributed by atoms with Crippen LogP contribution in [0.5, 0.6) is 0 Å². The van der Waals surface area contributed by atoms with Gasteiger partial charge in [0.1, 0.15) is 0 Å². The van der Waals surface area contributed by atoms with Crippen molar-refractivity contribution in [3.8, 4) is 0 Å². The molecule has 2 heterocycles. The Bertz CT molecular complexity index is 612. The number of aliphatic hydroxyl groups is 1. The molecule has 1 fully saturated rings. The van der Waals surface area contributed by atoms with Crippen molar-refractivity contribution >= 4 is 23.0 Å². The van der Waals surface area contributed by atoms with Crippen molar-refractivity contribution in [1.29, 1.82) is 0 Å². The van der Waals surface area contributed by atoms with Crippen molar-refractivity contribution in [1.82, 2.24) is 4.98 Å². The van der Waals surface area contributed by atoms with Crippen molar-refractivity contribution in [2.24, 2.45) is 0 Å². The molecule has 5 heteroatoms. The number of pyridine rings is 1. The average molecular weight is 304 g/mol. The van der Waals surface area contributed by atoms with E-state index in [1.165, 1.54) is 5.69 Å². The Kier molecular flexibility index (Phi) is 4.27. The smallest absolute Gasteiger partial charge is 0.0717 e. The van der Waals surface area contributed by atoms with Crippen LogP contribution in [0.2, 0.25) is 5.02 Å². The molecule has 0 radical (unpaired) electrons. The summed E-state index contributed by atoms with van der Waals surface area (Å²) < 4.78 is 0. The van der Waals surface area contributed by atoms with Gasteiger partial charge in [-0.1, -0.05) is 17.7 Å². The fourth-order valence-corrected chi connectivity index (χ4v) is 2.91. The molecule has 1 N–H and O–H groups in total. The third-order valence-corrected chi connectivity index (χ3v) is 4.08. The van der Waals surface area contributed by atoms with E-state index >= 15 is 0 Å². The van der Waals surface area contributed by atoms with Crippen LogP contribution in [0.25, 0.3) is 0 Å². The quantitative estimate of drug-likeness (QED) is 0.946. The minimum atomic E-state index is 0.0255. The molecule has 1 aromatic heterocycles. The van der Waals surface area contributed by atoms with Gasteiger partial charge in [-0.3, -0.25) is 4.98 Å². The van der Waals surface area contributed by atoms with Crippen molar-refractivity contribution in [3.63, 3.8) is 0 Å². The summed E-state index contributed by atoms with van der Waals surface area (Å²) in [5.41, 5.74) is 3.13. The van der Waals surface area contributed by atoms with Gasteiger partial charge in [0.25, 0.3) is 0 Å². The van der Waals surface area contributed by atoms with E-state index in [1.807, 2.05) is 24.3 Å². The number of piperazine rings is 1. The molecule has 1 aliphatic heterocycles. The highest BCUT2D eigenvalue weighted by Crippen LogP contribution is 2.24. The summed E-state index contributed by atoms with van der Waals surface area (Å²) in [7, 11) is 0. The molecule has 0 amide bonds. The molecular formula is C16H18ClN3O. The number of nitrogens with zero attached hydrogens (tertiary/aromatic N) is 3. The number of aromatic nitrogens is 1. The SMILES string of the molecule is OCc1cnccc1N1CCN(c2cccc(Cl)c2)CC1. The molecule has 0 bridgehead atoms. The molecule has 1 aromatic carbocycles. The van der Waals surface area contributed by atoms with Crippen LogP contribution in [-0.2, 0) is 6.61 Å². The second-order valence-electron chi connectivity index (χ2n) is 5.12. The molecule has 0 spiro atoms. The fourth-order valence-electron chi connectivity index (χ4n) is 2.73. The van der Waals surface area contributed by atoms with Crippen LogP contribution >= 0.6 is 11.6 Å². The van der Waals surface area contributed by atoms with Gasteiger partial charge < -0.3 is 14.9 Å². The summed E-state index contributed by atoms with van der Waals surface area (Å²) in [6, 6.07) is 9.94. The highest BCUT2D eigenvalue weighted by atomic mass is 35.5. The van der Waals surface area contributed by atoms with E-state index in [0.717, 1.165) is 42.5 Å². The number of benzene rings is 1. The largest absolute Gasteiger partial charge is 0.392 e. The molecule has 0 saturated carbocycles. The van der Waals surface area contributed by atoms with Gasteiger partial charge in [-0.25, -0.2) is 0 Å². The summed E-state index contributed by atoms with van der Waals surface area (Å²) in [4.78, 5) is 8.71. The van der Waals surface area contributed by atoms with Crippen LogP contribution in [0.4, 0.5) is 11.4 Å². The van der Waals surface area contributed by atoms with E-state index in [-0.39, 0.29) is 6.61 Å². The van der Waals surface area contributed by atoms with Crippen molar-refractivity contribution in [2.45, 2.75) is 6.61 Å². The Balaban J connectivity index is 1.70. The van der Waals surface area contributed by atoms with Crippen LogP contribution in [0.1, 0.15) is 5.56 Å². The number of rotatable bonds is 3. The molecule has 2 aromatic rings. The van der Waals surface area contributed by atoms with E-state index in [9.17, 15) is 5.11 Å². The first-order chi connectivity index (χ1) is 10.3. The highest BCUT2D eigenvalue weighted by Gasteiger charge is 2.19. The van der Waals surface area contributed by atoms with Gasteiger partial charge in [0.2, 0.25) is 0 Å². The van der Waals surface area contributed by atoms with Crippen molar-refractivity contribution < 1.29 is 5.11 Å². The Morgan fingerprint density at radius 3 is 2.57 bits per heavy atom. The summed E-state index contributed by atoms with van der Waals surface area (Å²) in [5.74, 6) is 0. The van der Waals surface area contributed by atoms with Crippen LogP contribution in [-0.4, -0.2) is 36.3 Å². The highest BCUT2D eigenvalue weighted by molar-refractivity contribution is 6.30. The van der Waals surface area contributed by atoms with E-state index in [1.54, 1.807) is 12.4 Å². The predicted molar refractivity (Wildman–Crippen MR) is 86.0 cm³/mol. The lowest BCUT2D eigenvalue weighted by molar-refractivity contribution is 0.281. The molecule has 110 valence electrons. The van der Waals surface area contributed by atoms with Crippen LogP contribution in [0.3, 0.4) is 0 Å². The molecule has 0 atom stereocenters. The Labute approximate surface area is 129 Å². The maximum atomic E-state index is 9.42. The first kappa shape index (κ1) is 14.2. The zero-order chi connectivity index (χ0) is 14.7. The Morgan fingerprint density at radius 1 is 1.10 bits per heavy atom. The van der Waals surface area contributed by atoms with Gasteiger partial charge in [-0.15, -0.1) is 0 Å². The van der Waals surface area contributed by atoms with Crippen LogP contribution in [0, 0.1) is 0 Å². The second-order valence-corrected chi connectivity index (χ2v) is 5.55. The minimum absolute atomic E-state index is 0.0255. The molecule has 0 unspecified atom stereocenters. The van der Waals surface area contributed by atoms with Crippen LogP contribution in [0.15, 0.2) is 42.7 Å². The first-order valence-corrected chi connectivity index (χ1v) is 7.45. The van der Waals surface area contributed by atoms with Gasteiger partial charge >= 0.3 is 0 Å². The number of hydrogen-bond donors (Lipinski definition) is 1. The number of anilines is 2. The van der Waals surface area contributed by atoms with E-state index < -0.39 is 0 Å². The predicted octanol–water partition coefficient (Wildman–Crippen LogP) is 2.55. The van der Waals surface area contributed by atoms with Crippen molar-refractivity contribution in [2.75, 3.05) is 36.0 Å². The third kappa shape index (κ3) is 3.12. The molecule has 1 aliphatic rings. The first-order valence-electron chi connectivity index (χ1n) is 7.07. The molecule has 0 aliphatic carbocycles. The minimum Gasteiger partial charge on any atom is -0.392 e. The van der Waals surface area contributed by atoms with Gasteiger partial charge in [0, 0.05) is 60.5 Å². The molecule has 21 heavy (non-hydrogen) atoms. The lowest BCUT2D eigenvalue weighted by Gasteiger charge is -2.38. The third-order valence-electron chi connectivity index (χ3n) is 3.84. The lowest BCUT2D eigenvalue weighted by Crippen LogP contribution is -2.46. The van der Waals surface area contributed by atoms with E-state index in [0.29, 0.717) is 0 Å². The summed E-state index contributed by atoms with van der Waals surface area (Å²) in [5, 5.41) is 10.2. The molecular weight excluding hydrogens is 286 g/mol. The second kappa shape index (κ2) is 6.33. The normalized spacial score (nSPS) is 15.3. The monoisotopic (exact) mass is 303 g/mol. The van der Waals surface area contributed by atoms with Gasteiger partial charge in [0.05, 0.1) is 6.61 Å². The number of halogens is 1. The molecule has 3 rings (SSSR count). The van der Waals surface area contributed by atoms with Gasteiger partial charge in [-0.2, -0.15) is 0 Å². The van der Waals surface area contributed by atoms with Gasteiger partial charge in [0.15, 0.2) is 0 Å². The maximum Gasteiger partial charge on any atom is 0.0717 e. The Morgan fingerprint density at radius 2 is 1.86 bits per heavy atom.